The van der Waals surface area contributed by atoms with Gasteiger partial charge in [0.1, 0.15) is 0 Å². The molecule has 0 aliphatic heterocycles. The Morgan fingerprint density at radius 2 is 1.57 bits per heavy atom. The normalized spacial score (nSPS) is 10.9. The molecule has 1 heteroatoms. The van der Waals surface area contributed by atoms with Gasteiger partial charge in [0, 0.05) is 0 Å². The number of hydrogen-bond donors (Lipinski definition) is 0. The van der Waals surface area contributed by atoms with E-state index in [2.05, 4.69) is 51.0 Å². The molecule has 0 aromatic heterocycles. The van der Waals surface area contributed by atoms with Crippen LogP contribution in [-0.2, 0) is 6.42 Å². The molecular weight excluding hydrogens is 170 g/mol. The van der Waals surface area contributed by atoms with Crippen LogP contribution < -0.4 is 0 Å². The molecule has 1 nitrogen and oxygen atoms in total. The molecule has 0 aliphatic carbocycles. The molecule has 0 heterocycles. The minimum Gasteiger partial charge on any atom is -0.309 e. The fourth-order valence-electron chi connectivity index (χ4n) is 1.81. The Morgan fingerprint density at radius 1 is 1.00 bits per heavy atom. The monoisotopic (exact) mass is 191 g/mol. The van der Waals surface area contributed by atoms with Crippen LogP contribution in [0.1, 0.15) is 23.1 Å². The van der Waals surface area contributed by atoms with E-state index in [4.69, 9.17) is 0 Å². The van der Waals surface area contributed by atoms with Gasteiger partial charge >= 0.3 is 0 Å². The van der Waals surface area contributed by atoms with Crippen molar-refractivity contribution < 1.29 is 0 Å². The highest BCUT2D eigenvalue weighted by molar-refractivity contribution is 5.28. The van der Waals surface area contributed by atoms with E-state index in [1.54, 1.807) is 0 Å². The lowest BCUT2D eigenvalue weighted by Crippen LogP contribution is -2.13. The SMILES string of the molecule is Cc1cc(C)cc(CCCN(C)C)c1. The third kappa shape index (κ3) is 3.93. The van der Waals surface area contributed by atoms with Gasteiger partial charge in [0.2, 0.25) is 0 Å². The summed E-state index contributed by atoms with van der Waals surface area (Å²) in [4.78, 5) is 2.24. The van der Waals surface area contributed by atoms with Gasteiger partial charge < -0.3 is 4.90 Å². The van der Waals surface area contributed by atoms with Crippen LogP contribution in [-0.4, -0.2) is 25.5 Å². The highest BCUT2D eigenvalue weighted by atomic mass is 15.0. The quantitative estimate of drug-likeness (QED) is 0.707. The van der Waals surface area contributed by atoms with Crippen molar-refractivity contribution in [1.82, 2.24) is 4.90 Å². The first kappa shape index (κ1) is 11.3. The number of nitrogens with zero attached hydrogens (tertiary/aromatic N) is 1. The van der Waals surface area contributed by atoms with Crippen LogP contribution in [0.25, 0.3) is 0 Å². The first-order chi connectivity index (χ1) is 6.58. The Hall–Kier alpha value is -0.820. The number of aryl methyl sites for hydroxylation is 3. The van der Waals surface area contributed by atoms with E-state index >= 15 is 0 Å². The van der Waals surface area contributed by atoms with E-state index in [9.17, 15) is 0 Å². The Labute approximate surface area is 87.7 Å². The lowest BCUT2D eigenvalue weighted by molar-refractivity contribution is 0.400. The summed E-state index contributed by atoms with van der Waals surface area (Å²) < 4.78 is 0. The summed E-state index contributed by atoms with van der Waals surface area (Å²) in [5.74, 6) is 0. The predicted octanol–water partition coefficient (Wildman–Crippen LogP) is 2.80. The van der Waals surface area contributed by atoms with E-state index in [1.807, 2.05) is 0 Å². The molecular formula is C13H21N. The molecule has 0 aliphatic rings. The summed E-state index contributed by atoms with van der Waals surface area (Å²) in [6, 6.07) is 6.82. The fraction of sp³-hybridized carbons (Fsp3) is 0.538. The number of benzene rings is 1. The first-order valence-corrected chi connectivity index (χ1v) is 5.30. The van der Waals surface area contributed by atoms with Crippen LogP contribution in [0.3, 0.4) is 0 Å². The third-order valence-corrected chi connectivity index (χ3v) is 2.35. The molecule has 0 N–H and O–H groups in total. The van der Waals surface area contributed by atoms with Crippen LogP contribution in [0.4, 0.5) is 0 Å². The summed E-state index contributed by atoms with van der Waals surface area (Å²) in [6.07, 6.45) is 2.44. The molecule has 1 aromatic carbocycles. The Morgan fingerprint density at radius 3 is 2.07 bits per heavy atom. The van der Waals surface area contributed by atoms with Gasteiger partial charge in [-0.2, -0.15) is 0 Å². The van der Waals surface area contributed by atoms with Crippen LogP contribution in [0.15, 0.2) is 18.2 Å². The molecule has 0 saturated heterocycles. The molecule has 0 fully saturated rings. The van der Waals surface area contributed by atoms with Crippen molar-refractivity contribution in [2.45, 2.75) is 26.7 Å². The molecule has 0 amide bonds. The average Bonchev–Trinajstić information content (AvgIpc) is 2.01. The zero-order valence-corrected chi connectivity index (χ0v) is 9.80. The molecule has 1 aromatic rings. The smallest absolute Gasteiger partial charge is 0.00217 e. The maximum Gasteiger partial charge on any atom is -0.00217 e. The van der Waals surface area contributed by atoms with Gasteiger partial charge in [-0.3, -0.25) is 0 Å². The van der Waals surface area contributed by atoms with Crippen molar-refractivity contribution in [3.05, 3.63) is 34.9 Å². The Balaban J connectivity index is 2.50. The summed E-state index contributed by atoms with van der Waals surface area (Å²) in [5.41, 5.74) is 4.24. The van der Waals surface area contributed by atoms with E-state index in [-0.39, 0.29) is 0 Å². The molecule has 0 radical (unpaired) electrons. The first-order valence-electron chi connectivity index (χ1n) is 5.30. The zero-order chi connectivity index (χ0) is 10.6. The number of rotatable bonds is 4. The topological polar surface area (TPSA) is 3.24 Å². The van der Waals surface area contributed by atoms with Gasteiger partial charge in [-0.1, -0.05) is 29.3 Å². The number of hydrogen-bond acceptors (Lipinski definition) is 1. The molecule has 0 atom stereocenters. The maximum absolute atomic E-state index is 2.29. The molecule has 0 saturated carbocycles. The lowest BCUT2D eigenvalue weighted by Gasteiger charge is -2.09. The fourth-order valence-corrected chi connectivity index (χ4v) is 1.81. The lowest BCUT2D eigenvalue weighted by atomic mass is 10.0. The van der Waals surface area contributed by atoms with Crippen LogP contribution in [0, 0.1) is 13.8 Å². The van der Waals surface area contributed by atoms with Crippen molar-refractivity contribution >= 4 is 0 Å². The van der Waals surface area contributed by atoms with Gasteiger partial charge in [0.05, 0.1) is 0 Å². The second-order valence-corrected chi connectivity index (χ2v) is 4.40. The highest BCUT2D eigenvalue weighted by Crippen LogP contribution is 2.10. The molecule has 0 bridgehead atoms. The zero-order valence-electron chi connectivity index (χ0n) is 9.80. The van der Waals surface area contributed by atoms with Crippen molar-refractivity contribution in [3.8, 4) is 0 Å². The maximum atomic E-state index is 2.29. The van der Waals surface area contributed by atoms with Crippen LogP contribution >= 0.6 is 0 Å². The van der Waals surface area contributed by atoms with E-state index in [0.717, 1.165) is 0 Å². The summed E-state index contributed by atoms with van der Waals surface area (Å²) >= 11 is 0. The van der Waals surface area contributed by atoms with E-state index in [1.165, 1.54) is 36.1 Å². The summed E-state index contributed by atoms with van der Waals surface area (Å²) in [6.45, 7) is 5.51. The third-order valence-electron chi connectivity index (χ3n) is 2.35. The minimum absolute atomic E-state index is 1.17. The van der Waals surface area contributed by atoms with Crippen molar-refractivity contribution in [2.24, 2.45) is 0 Å². The second-order valence-electron chi connectivity index (χ2n) is 4.40. The predicted molar refractivity (Wildman–Crippen MR) is 62.8 cm³/mol. The van der Waals surface area contributed by atoms with Gasteiger partial charge in [-0.25, -0.2) is 0 Å². The van der Waals surface area contributed by atoms with Gasteiger partial charge in [-0.15, -0.1) is 0 Å². The summed E-state index contributed by atoms with van der Waals surface area (Å²) in [7, 11) is 4.25. The standard InChI is InChI=1S/C13H21N/c1-11-8-12(2)10-13(9-11)6-5-7-14(3)4/h8-10H,5-7H2,1-4H3. The van der Waals surface area contributed by atoms with Gasteiger partial charge in [-0.05, 0) is 52.9 Å². The second kappa shape index (κ2) is 5.16. The minimum atomic E-state index is 1.17. The molecule has 14 heavy (non-hydrogen) atoms. The van der Waals surface area contributed by atoms with E-state index < -0.39 is 0 Å². The largest absolute Gasteiger partial charge is 0.309 e. The average molecular weight is 191 g/mol. The van der Waals surface area contributed by atoms with Crippen molar-refractivity contribution in [1.29, 1.82) is 0 Å². The molecule has 0 unspecified atom stereocenters. The van der Waals surface area contributed by atoms with E-state index in [0.29, 0.717) is 0 Å². The summed E-state index contributed by atoms with van der Waals surface area (Å²) in [5, 5.41) is 0. The van der Waals surface area contributed by atoms with Crippen LogP contribution in [0.2, 0.25) is 0 Å². The van der Waals surface area contributed by atoms with Crippen LogP contribution in [0.5, 0.6) is 0 Å². The Bertz CT molecular complexity index is 269. The highest BCUT2D eigenvalue weighted by Gasteiger charge is 1.97. The Kier molecular flexibility index (Phi) is 4.15. The van der Waals surface area contributed by atoms with Crippen molar-refractivity contribution in [2.75, 3.05) is 20.6 Å². The molecule has 0 spiro atoms. The van der Waals surface area contributed by atoms with Gasteiger partial charge in [0.15, 0.2) is 0 Å². The van der Waals surface area contributed by atoms with Crippen molar-refractivity contribution in [3.63, 3.8) is 0 Å². The van der Waals surface area contributed by atoms with Gasteiger partial charge in [0.25, 0.3) is 0 Å². The molecule has 78 valence electrons. The molecule has 1 rings (SSSR count).